The number of carbonyl (C=O) groups is 5. The topological polar surface area (TPSA) is 281 Å². The van der Waals surface area contributed by atoms with E-state index in [0.717, 1.165) is 0 Å². The van der Waals surface area contributed by atoms with Gasteiger partial charge in [-0.15, -0.1) is 0 Å². The van der Waals surface area contributed by atoms with E-state index in [1.165, 1.54) is 12.5 Å². The molecule has 0 bridgehead atoms. The van der Waals surface area contributed by atoms with Crippen LogP contribution in [0.4, 0.5) is 0 Å². The molecule has 16 nitrogen and oxygen atoms in total. The third kappa shape index (κ3) is 11.2. The Labute approximate surface area is 219 Å². The highest BCUT2D eigenvalue weighted by Gasteiger charge is 2.33. The van der Waals surface area contributed by atoms with Crippen molar-refractivity contribution in [1.29, 1.82) is 0 Å². The number of hydrogen-bond donors (Lipinski definition) is 9. The Morgan fingerprint density at radius 2 is 1.71 bits per heavy atom. The average molecular weight is 540 g/mol. The molecule has 0 aliphatic heterocycles. The molecular weight excluding hydrogens is 502 g/mol. The number of aliphatic carboxylic acids is 2. The van der Waals surface area contributed by atoms with Crippen molar-refractivity contribution in [1.82, 2.24) is 25.9 Å². The molecule has 3 amide bonds. The van der Waals surface area contributed by atoms with Crippen LogP contribution in [0, 0.1) is 5.92 Å². The van der Waals surface area contributed by atoms with Crippen molar-refractivity contribution < 1.29 is 34.2 Å². The Balaban J connectivity index is 3.04. The van der Waals surface area contributed by atoms with Gasteiger partial charge in [-0.25, -0.2) is 9.78 Å². The summed E-state index contributed by atoms with van der Waals surface area (Å²) in [4.78, 5) is 71.8. The summed E-state index contributed by atoms with van der Waals surface area (Å²) in [5.41, 5.74) is 17.2. The van der Waals surface area contributed by atoms with Crippen LogP contribution in [0.15, 0.2) is 17.5 Å². The maximum Gasteiger partial charge on any atom is 0.326 e. The van der Waals surface area contributed by atoms with Gasteiger partial charge in [0.15, 0.2) is 5.96 Å². The number of carboxylic acids is 2. The first kappa shape index (κ1) is 31.8. The highest BCUT2D eigenvalue weighted by Crippen LogP contribution is 2.11. The van der Waals surface area contributed by atoms with Gasteiger partial charge in [0, 0.05) is 24.9 Å². The summed E-state index contributed by atoms with van der Waals surface area (Å²) in [5.74, 6) is -5.77. The number of aromatic nitrogens is 2. The summed E-state index contributed by atoms with van der Waals surface area (Å²) in [6.45, 7) is 3.59. The van der Waals surface area contributed by atoms with Gasteiger partial charge in [-0.3, -0.25) is 24.2 Å². The minimum absolute atomic E-state index is 0.0940. The van der Waals surface area contributed by atoms with Crippen molar-refractivity contribution >= 4 is 35.6 Å². The smallest absolute Gasteiger partial charge is 0.326 e. The lowest BCUT2D eigenvalue weighted by Gasteiger charge is -2.28. The molecular formula is C22H37N9O7. The SMILES string of the molecule is CCC(C)C(NC(=O)C(CCCN=C(N)N)NC(=O)C(N)Cc1cnc[nH]1)C(=O)NC(CC(=O)O)C(=O)O. The summed E-state index contributed by atoms with van der Waals surface area (Å²) in [7, 11) is 0. The van der Waals surface area contributed by atoms with Crippen molar-refractivity contribution in [2.45, 2.75) is 70.1 Å². The van der Waals surface area contributed by atoms with E-state index in [1.807, 2.05) is 0 Å². The Morgan fingerprint density at radius 3 is 2.24 bits per heavy atom. The average Bonchev–Trinajstić information content (AvgIpc) is 3.35. The van der Waals surface area contributed by atoms with E-state index < -0.39 is 66.2 Å². The minimum atomic E-state index is -1.70. The largest absolute Gasteiger partial charge is 0.481 e. The molecule has 0 saturated heterocycles. The molecule has 1 aromatic heterocycles. The number of aromatic amines is 1. The molecule has 1 aromatic rings. The van der Waals surface area contributed by atoms with Gasteiger partial charge in [0.25, 0.3) is 0 Å². The maximum absolute atomic E-state index is 13.2. The predicted molar refractivity (Wildman–Crippen MR) is 135 cm³/mol. The fourth-order valence-electron chi connectivity index (χ4n) is 3.37. The summed E-state index contributed by atoms with van der Waals surface area (Å²) >= 11 is 0. The Bertz CT molecular complexity index is 980. The Morgan fingerprint density at radius 1 is 1.05 bits per heavy atom. The van der Waals surface area contributed by atoms with Crippen molar-refractivity contribution in [3.63, 3.8) is 0 Å². The molecule has 212 valence electrons. The molecule has 12 N–H and O–H groups in total. The first-order valence-electron chi connectivity index (χ1n) is 12.0. The highest BCUT2D eigenvalue weighted by atomic mass is 16.4. The molecule has 0 saturated carbocycles. The van der Waals surface area contributed by atoms with E-state index >= 15 is 0 Å². The zero-order valence-corrected chi connectivity index (χ0v) is 21.3. The molecule has 0 spiro atoms. The molecule has 0 aromatic carbocycles. The summed E-state index contributed by atoms with van der Waals surface area (Å²) in [6, 6.07) is -5.04. The Hall–Kier alpha value is -4.21. The van der Waals surface area contributed by atoms with Gasteiger partial charge >= 0.3 is 11.9 Å². The van der Waals surface area contributed by atoms with Crippen LogP contribution in [-0.2, 0) is 30.4 Å². The highest BCUT2D eigenvalue weighted by molar-refractivity contribution is 5.94. The number of carboxylic acid groups (broad SMARTS) is 2. The van der Waals surface area contributed by atoms with Gasteiger partial charge in [0.05, 0.1) is 18.8 Å². The zero-order valence-electron chi connectivity index (χ0n) is 21.3. The standard InChI is InChI=1S/C22H37N9O7/c1-3-11(2)17(20(36)30-15(21(37)38)8-16(32)33)31-19(35)14(5-4-6-27-22(24)25)29-18(34)13(23)7-12-9-26-10-28-12/h9-11,13-15,17H,3-8,23H2,1-2H3,(H,26,28)(H,29,34)(H,30,36)(H,31,35)(H,32,33)(H,37,38)(H4,24,25,27). The van der Waals surface area contributed by atoms with Gasteiger partial charge in [-0.05, 0) is 18.8 Å². The number of carbonyl (C=O) groups excluding carboxylic acids is 3. The summed E-state index contributed by atoms with van der Waals surface area (Å²) < 4.78 is 0. The number of nitrogens with two attached hydrogens (primary N) is 3. The molecule has 1 heterocycles. The third-order valence-electron chi connectivity index (χ3n) is 5.70. The summed E-state index contributed by atoms with van der Waals surface area (Å²) in [5, 5.41) is 25.5. The van der Waals surface area contributed by atoms with Gasteiger partial charge in [0.1, 0.15) is 18.1 Å². The van der Waals surface area contributed by atoms with Gasteiger partial charge < -0.3 is 48.3 Å². The molecule has 0 radical (unpaired) electrons. The lowest BCUT2D eigenvalue weighted by molar-refractivity contribution is -0.147. The van der Waals surface area contributed by atoms with E-state index in [0.29, 0.717) is 18.5 Å². The van der Waals surface area contributed by atoms with Crippen molar-refractivity contribution in [2.75, 3.05) is 6.54 Å². The number of guanidine groups is 1. The molecule has 5 unspecified atom stereocenters. The number of amides is 3. The van der Waals surface area contributed by atoms with Crippen LogP contribution in [0.2, 0.25) is 0 Å². The number of hydrogen-bond acceptors (Lipinski definition) is 8. The van der Waals surface area contributed by atoms with Crippen LogP contribution in [0.1, 0.15) is 45.2 Å². The minimum Gasteiger partial charge on any atom is -0.481 e. The fraction of sp³-hybridized carbons (Fsp3) is 0.591. The third-order valence-corrected chi connectivity index (χ3v) is 5.70. The van der Waals surface area contributed by atoms with Crippen LogP contribution < -0.4 is 33.2 Å². The number of imidazole rings is 1. The molecule has 0 aliphatic carbocycles. The van der Waals surface area contributed by atoms with Crippen molar-refractivity contribution in [3.8, 4) is 0 Å². The number of rotatable bonds is 17. The first-order chi connectivity index (χ1) is 17.8. The normalized spacial score (nSPS) is 14.7. The van der Waals surface area contributed by atoms with E-state index in [-0.39, 0.29) is 25.3 Å². The second-order valence-corrected chi connectivity index (χ2v) is 8.77. The van der Waals surface area contributed by atoms with E-state index in [1.54, 1.807) is 13.8 Å². The zero-order chi connectivity index (χ0) is 28.8. The second-order valence-electron chi connectivity index (χ2n) is 8.77. The van der Waals surface area contributed by atoms with Gasteiger partial charge in [-0.2, -0.15) is 0 Å². The van der Waals surface area contributed by atoms with E-state index in [2.05, 4.69) is 30.9 Å². The van der Waals surface area contributed by atoms with Crippen LogP contribution in [-0.4, -0.2) is 86.5 Å². The van der Waals surface area contributed by atoms with E-state index in [9.17, 15) is 29.1 Å². The molecule has 5 atom stereocenters. The number of nitrogens with zero attached hydrogens (tertiary/aromatic N) is 2. The van der Waals surface area contributed by atoms with Crippen molar-refractivity contribution in [3.05, 3.63) is 18.2 Å². The van der Waals surface area contributed by atoms with Crippen LogP contribution >= 0.6 is 0 Å². The fourth-order valence-corrected chi connectivity index (χ4v) is 3.37. The first-order valence-corrected chi connectivity index (χ1v) is 12.0. The number of H-pyrrole nitrogens is 1. The number of nitrogens with one attached hydrogen (secondary N) is 4. The predicted octanol–water partition coefficient (Wildman–Crippen LogP) is -2.61. The van der Waals surface area contributed by atoms with Crippen molar-refractivity contribution in [2.24, 2.45) is 28.1 Å². The monoisotopic (exact) mass is 539 g/mol. The molecule has 1 rings (SSSR count). The quantitative estimate of drug-likeness (QED) is 0.0561. The van der Waals surface area contributed by atoms with Gasteiger partial charge in [-0.1, -0.05) is 20.3 Å². The van der Waals surface area contributed by atoms with Crippen LogP contribution in [0.5, 0.6) is 0 Å². The Kier molecular flexibility index (Phi) is 13.2. The number of aliphatic imine (C=N–C) groups is 1. The van der Waals surface area contributed by atoms with Gasteiger partial charge in [0.2, 0.25) is 17.7 Å². The lowest BCUT2D eigenvalue weighted by Crippen LogP contribution is -2.59. The van der Waals surface area contributed by atoms with E-state index in [4.69, 9.17) is 22.3 Å². The van der Waals surface area contributed by atoms with Crippen LogP contribution in [0.25, 0.3) is 0 Å². The molecule has 38 heavy (non-hydrogen) atoms. The summed E-state index contributed by atoms with van der Waals surface area (Å²) in [6.07, 6.45) is 3.04. The lowest BCUT2D eigenvalue weighted by atomic mass is 9.97. The molecule has 0 fully saturated rings. The molecule has 16 heteroatoms. The molecule has 0 aliphatic rings. The maximum atomic E-state index is 13.2. The van der Waals surface area contributed by atoms with Crippen LogP contribution in [0.3, 0.4) is 0 Å². The second kappa shape index (κ2) is 15.8.